The summed E-state index contributed by atoms with van der Waals surface area (Å²) in [5.74, 6) is 1.05. The summed E-state index contributed by atoms with van der Waals surface area (Å²) in [6, 6.07) is 15.9. The Balaban J connectivity index is 1.57. The van der Waals surface area contributed by atoms with Crippen LogP contribution < -0.4 is 4.74 Å². The van der Waals surface area contributed by atoms with Crippen LogP contribution in [0.4, 0.5) is 0 Å². The molecule has 1 aliphatic heterocycles. The summed E-state index contributed by atoms with van der Waals surface area (Å²) >= 11 is 0. The molecule has 0 bridgehead atoms. The largest absolute Gasteiger partial charge is 0.490 e. The lowest BCUT2D eigenvalue weighted by Gasteiger charge is -2.32. The molecule has 0 N–H and O–H groups in total. The molecule has 0 atom stereocenters. The van der Waals surface area contributed by atoms with Gasteiger partial charge in [0.25, 0.3) is 5.91 Å². The van der Waals surface area contributed by atoms with E-state index in [0.29, 0.717) is 0 Å². The van der Waals surface area contributed by atoms with Crippen LogP contribution in [0.1, 0.15) is 34.3 Å². The summed E-state index contributed by atoms with van der Waals surface area (Å²) < 4.78 is 6.05. The summed E-state index contributed by atoms with van der Waals surface area (Å²) in [7, 11) is 0. The first-order chi connectivity index (χ1) is 11.1. The lowest BCUT2D eigenvalue weighted by atomic mass is 10.1. The van der Waals surface area contributed by atoms with E-state index in [1.54, 1.807) is 0 Å². The SMILES string of the molecule is Cc1cccc(OC2CCN(C(=O)c3cccc(C)c3)CC2)c1. The average molecular weight is 309 g/mol. The van der Waals surface area contributed by atoms with Gasteiger partial charge in [-0.25, -0.2) is 0 Å². The third kappa shape index (κ3) is 3.92. The fourth-order valence-electron chi connectivity index (χ4n) is 3.02. The van der Waals surface area contributed by atoms with Gasteiger partial charge < -0.3 is 9.64 Å². The minimum absolute atomic E-state index is 0.128. The van der Waals surface area contributed by atoms with Crippen molar-refractivity contribution in [1.82, 2.24) is 4.90 Å². The number of rotatable bonds is 3. The van der Waals surface area contributed by atoms with Crippen molar-refractivity contribution < 1.29 is 9.53 Å². The molecule has 3 rings (SSSR count). The van der Waals surface area contributed by atoms with E-state index in [-0.39, 0.29) is 12.0 Å². The number of benzene rings is 2. The van der Waals surface area contributed by atoms with Gasteiger partial charge in [-0.05, 0) is 43.7 Å². The van der Waals surface area contributed by atoms with Crippen molar-refractivity contribution in [2.45, 2.75) is 32.8 Å². The quantitative estimate of drug-likeness (QED) is 0.858. The first-order valence-corrected chi connectivity index (χ1v) is 8.21. The predicted molar refractivity (Wildman–Crippen MR) is 91.9 cm³/mol. The molecule has 2 aromatic rings. The van der Waals surface area contributed by atoms with Crippen molar-refractivity contribution in [3.63, 3.8) is 0 Å². The second-order valence-corrected chi connectivity index (χ2v) is 6.30. The van der Waals surface area contributed by atoms with Crippen LogP contribution in [0, 0.1) is 13.8 Å². The highest BCUT2D eigenvalue weighted by molar-refractivity contribution is 5.94. The molecule has 0 spiro atoms. The van der Waals surface area contributed by atoms with Gasteiger partial charge in [-0.3, -0.25) is 4.79 Å². The van der Waals surface area contributed by atoms with Crippen molar-refractivity contribution in [2.24, 2.45) is 0 Å². The van der Waals surface area contributed by atoms with Crippen LogP contribution >= 0.6 is 0 Å². The summed E-state index contributed by atoms with van der Waals surface area (Å²) in [4.78, 5) is 14.5. The molecule has 1 amide bonds. The molecule has 0 radical (unpaired) electrons. The minimum atomic E-state index is 0.128. The Morgan fingerprint density at radius 2 is 1.65 bits per heavy atom. The molecule has 2 aromatic carbocycles. The number of hydrogen-bond donors (Lipinski definition) is 0. The van der Waals surface area contributed by atoms with E-state index in [4.69, 9.17) is 4.74 Å². The smallest absolute Gasteiger partial charge is 0.253 e. The molecule has 3 nitrogen and oxygen atoms in total. The molecule has 0 aromatic heterocycles. The molecule has 0 unspecified atom stereocenters. The lowest BCUT2D eigenvalue weighted by Crippen LogP contribution is -2.41. The normalized spacial score (nSPS) is 15.5. The third-order valence-corrected chi connectivity index (χ3v) is 4.29. The van der Waals surface area contributed by atoms with Crippen LogP contribution in [-0.2, 0) is 0 Å². The van der Waals surface area contributed by atoms with E-state index >= 15 is 0 Å². The molecule has 0 aliphatic carbocycles. The Morgan fingerprint density at radius 1 is 1.00 bits per heavy atom. The van der Waals surface area contributed by atoms with Gasteiger partial charge in [0.2, 0.25) is 0 Å². The highest BCUT2D eigenvalue weighted by atomic mass is 16.5. The second kappa shape index (κ2) is 6.86. The van der Waals surface area contributed by atoms with Crippen LogP contribution in [0.2, 0.25) is 0 Å². The van der Waals surface area contributed by atoms with Gasteiger partial charge in [-0.2, -0.15) is 0 Å². The zero-order valence-electron chi connectivity index (χ0n) is 13.8. The molecule has 1 saturated heterocycles. The number of carbonyl (C=O) groups excluding carboxylic acids is 1. The number of aryl methyl sites for hydroxylation is 2. The second-order valence-electron chi connectivity index (χ2n) is 6.30. The maximum atomic E-state index is 12.5. The standard InChI is InChI=1S/C20H23NO2/c1-15-5-3-7-17(13-15)20(22)21-11-9-18(10-12-21)23-19-8-4-6-16(2)14-19/h3-8,13-14,18H,9-12H2,1-2H3. The Labute approximate surface area is 137 Å². The molecule has 23 heavy (non-hydrogen) atoms. The van der Waals surface area contributed by atoms with E-state index in [2.05, 4.69) is 19.1 Å². The topological polar surface area (TPSA) is 29.5 Å². The Kier molecular flexibility index (Phi) is 4.65. The minimum Gasteiger partial charge on any atom is -0.490 e. The molecular weight excluding hydrogens is 286 g/mol. The number of carbonyl (C=O) groups is 1. The van der Waals surface area contributed by atoms with Crippen LogP contribution in [-0.4, -0.2) is 30.0 Å². The summed E-state index contributed by atoms with van der Waals surface area (Å²) in [6.07, 6.45) is 1.95. The van der Waals surface area contributed by atoms with Gasteiger partial charge in [0.1, 0.15) is 11.9 Å². The first-order valence-electron chi connectivity index (χ1n) is 8.21. The fourth-order valence-corrected chi connectivity index (χ4v) is 3.02. The van der Waals surface area contributed by atoms with E-state index in [0.717, 1.165) is 42.8 Å². The van der Waals surface area contributed by atoms with Crippen molar-refractivity contribution in [3.8, 4) is 5.75 Å². The molecule has 1 fully saturated rings. The Bertz CT molecular complexity index is 688. The maximum Gasteiger partial charge on any atom is 0.253 e. The Morgan fingerprint density at radius 3 is 2.30 bits per heavy atom. The van der Waals surface area contributed by atoms with Gasteiger partial charge in [0.15, 0.2) is 0 Å². The van der Waals surface area contributed by atoms with E-state index in [9.17, 15) is 4.79 Å². The zero-order valence-corrected chi connectivity index (χ0v) is 13.8. The highest BCUT2D eigenvalue weighted by Crippen LogP contribution is 2.21. The van der Waals surface area contributed by atoms with Gasteiger partial charge in [-0.1, -0.05) is 29.8 Å². The summed E-state index contributed by atoms with van der Waals surface area (Å²) in [6.45, 7) is 5.58. The van der Waals surface area contributed by atoms with Gasteiger partial charge in [0.05, 0.1) is 0 Å². The number of hydrogen-bond acceptors (Lipinski definition) is 2. The number of likely N-dealkylation sites (tertiary alicyclic amines) is 1. The van der Waals surface area contributed by atoms with Crippen LogP contribution in [0.15, 0.2) is 48.5 Å². The average Bonchev–Trinajstić information content (AvgIpc) is 2.55. The number of nitrogens with zero attached hydrogens (tertiary/aromatic N) is 1. The molecule has 0 saturated carbocycles. The first kappa shape index (κ1) is 15.6. The molecule has 120 valence electrons. The van der Waals surface area contributed by atoms with Crippen LogP contribution in [0.25, 0.3) is 0 Å². The van der Waals surface area contributed by atoms with Crippen LogP contribution in [0.3, 0.4) is 0 Å². The van der Waals surface area contributed by atoms with Gasteiger partial charge >= 0.3 is 0 Å². The summed E-state index contributed by atoms with van der Waals surface area (Å²) in [5, 5.41) is 0. The maximum absolute atomic E-state index is 12.5. The van der Waals surface area contributed by atoms with Crippen molar-refractivity contribution in [2.75, 3.05) is 13.1 Å². The van der Waals surface area contributed by atoms with Gasteiger partial charge in [-0.15, -0.1) is 0 Å². The number of piperidine rings is 1. The van der Waals surface area contributed by atoms with Crippen molar-refractivity contribution in [1.29, 1.82) is 0 Å². The third-order valence-electron chi connectivity index (χ3n) is 4.29. The fraction of sp³-hybridized carbons (Fsp3) is 0.350. The molecule has 1 heterocycles. The monoisotopic (exact) mass is 309 g/mol. The lowest BCUT2D eigenvalue weighted by molar-refractivity contribution is 0.0595. The summed E-state index contributed by atoms with van der Waals surface area (Å²) in [5.41, 5.74) is 3.10. The zero-order chi connectivity index (χ0) is 16.2. The highest BCUT2D eigenvalue weighted by Gasteiger charge is 2.24. The van der Waals surface area contributed by atoms with Crippen molar-refractivity contribution >= 4 is 5.91 Å². The number of ether oxygens (including phenoxy) is 1. The molecule has 3 heteroatoms. The molecular formula is C20H23NO2. The predicted octanol–water partition coefficient (Wildman–Crippen LogP) is 3.99. The van der Waals surface area contributed by atoms with E-state index in [1.165, 1.54) is 5.56 Å². The Hall–Kier alpha value is -2.29. The van der Waals surface area contributed by atoms with Gasteiger partial charge in [0, 0.05) is 31.5 Å². The van der Waals surface area contributed by atoms with E-state index < -0.39 is 0 Å². The van der Waals surface area contributed by atoms with Crippen molar-refractivity contribution in [3.05, 3.63) is 65.2 Å². The molecule has 1 aliphatic rings. The van der Waals surface area contributed by atoms with Crippen LogP contribution in [0.5, 0.6) is 5.75 Å². The number of amides is 1. The van der Waals surface area contributed by atoms with E-state index in [1.807, 2.05) is 48.2 Å².